The van der Waals surface area contributed by atoms with Crippen molar-refractivity contribution in [3.8, 4) is 0 Å². The summed E-state index contributed by atoms with van der Waals surface area (Å²) in [5.74, 6) is -0.544. The minimum Gasteiger partial charge on any atom is -0.380 e. The Labute approximate surface area is 162 Å². The molecule has 0 aliphatic rings. The second-order valence-electron chi connectivity index (χ2n) is 6.40. The summed E-state index contributed by atoms with van der Waals surface area (Å²) in [6.07, 6.45) is 0. The molecular weight excluding hydrogens is 418 g/mol. The van der Waals surface area contributed by atoms with Crippen LogP contribution in [0, 0.1) is 0 Å². The predicted molar refractivity (Wildman–Crippen MR) is 104 cm³/mol. The van der Waals surface area contributed by atoms with E-state index in [4.69, 9.17) is 4.74 Å². The van der Waals surface area contributed by atoms with E-state index in [2.05, 4.69) is 21.2 Å². The van der Waals surface area contributed by atoms with Gasteiger partial charge in [0.1, 0.15) is 4.75 Å². The normalized spacial score (nSPS) is 12.0. The van der Waals surface area contributed by atoms with E-state index < -0.39 is 20.5 Å². The van der Waals surface area contributed by atoms with E-state index in [1.165, 1.54) is 26.0 Å². The number of hydrogen-bond donors (Lipinski definition) is 1. The van der Waals surface area contributed by atoms with E-state index in [1.54, 1.807) is 19.2 Å². The summed E-state index contributed by atoms with van der Waals surface area (Å²) >= 11 is 3.28. The Morgan fingerprint density at radius 2 is 1.73 bits per heavy atom. The van der Waals surface area contributed by atoms with Crippen molar-refractivity contribution in [2.24, 2.45) is 0 Å². The van der Waals surface area contributed by atoms with Gasteiger partial charge in [-0.2, -0.15) is 0 Å². The molecule has 140 valence electrons. The van der Waals surface area contributed by atoms with Crippen molar-refractivity contribution in [3.05, 3.63) is 64.1 Å². The van der Waals surface area contributed by atoms with Crippen LogP contribution in [0.1, 0.15) is 25.0 Å². The number of nitrogens with one attached hydrogen (secondary N) is 1. The second-order valence-corrected chi connectivity index (χ2v) is 9.82. The van der Waals surface area contributed by atoms with Gasteiger partial charge in [-0.15, -0.1) is 0 Å². The highest BCUT2D eigenvalue weighted by molar-refractivity contribution is 9.10. The quantitative estimate of drug-likeness (QED) is 0.716. The third kappa shape index (κ3) is 4.52. The maximum absolute atomic E-state index is 12.9. The van der Waals surface area contributed by atoms with E-state index >= 15 is 0 Å². The Morgan fingerprint density at radius 3 is 2.35 bits per heavy atom. The molecule has 0 aliphatic carbocycles. The van der Waals surface area contributed by atoms with Crippen LogP contribution in [0.15, 0.2) is 57.9 Å². The molecule has 0 bridgehead atoms. The molecule has 0 saturated carbocycles. The molecule has 1 N–H and O–H groups in total. The summed E-state index contributed by atoms with van der Waals surface area (Å²) < 4.78 is 30.0. The molecule has 2 rings (SSSR count). The number of carbonyl (C=O) groups excluding carboxylic acids is 1. The molecule has 2 aromatic rings. The molecule has 0 atom stereocenters. The molecule has 0 aromatic heterocycles. The van der Waals surface area contributed by atoms with Crippen molar-refractivity contribution >= 4 is 31.7 Å². The van der Waals surface area contributed by atoms with Gasteiger partial charge in [0.25, 0.3) is 0 Å². The first kappa shape index (κ1) is 20.6. The number of amides is 1. The van der Waals surface area contributed by atoms with E-state index in [9.17, 15) is 13.2 Å². The monoisotopic (exact) mass is 439 g/mol. The minimum absolute atomic E-state index is 0.114. The summed E-state index contributed by atoms with van der Waals surface area (Å²) in [6, 6.07) is 13.8. The average Bonchev–Trinajstić information content (AvgIpc) is 2.60. The summed E-state index contributed by atoms with van der Waals surface area (Å²) in [6.45, 7) is 3.56. The van der Waals surface area contributed by atoms with Crippen LogP contribution in [0.3, 0.4) is 0 Å². The molecule has 2 aromatic carbocycles. The highest BCUT2D eigenvalue weighted by Gasteiger charge is 2.42. The molecule has 0 fully saturated rings. The Balaban J connectivity index is 2.14. The lowest BCUT2D eigenvalue weighted by Crippen LogP contribution is -2.47. The number of halogens is 1. The second kappa shape index (κ2) is 8.33. The van der Waals surface area contributed by atoms with Crippen molar-refractivity contribution in [1.82, 2.24) is 5.32 Å². The van der Waals surface area contributed by atoms with Gasteiger partial charge in [0.15, 0.2) is 9.84 Å². The fourth-order valence-electron chi connectivity index (χ4n) is 2.42. The zero-order chi connectivity index (χ0) is 19.4. The molecule has 5 nitrogen and oxygen atoms in total. The van der Waals surface area contributed by atoms with Crippen LogP contribution in [-0.2, 0) is 32.5 Å². The number of methoxy groups -OCH3 is 1. The molecule has 0 heterocycles. The summed E-state index contributed by atoms with van der Waals surface area (Å²) in [5, 5.41) is 2.73. The molecule has 0 saturated heterocycles. The highest BCUT2D eigenvalue weighted by atomic mass is 79.9. The van der Waals surface area contributed by atoms with Gasteiger partial charge in [-0.1, -0.05) is 40.2 Å². The number of rotatable bonds is 7. The zero-order valence-electron chi connectivity index (χ0n) is 15.0. The first-order valence-corrected chi connectivity index (χ1v) is 10.3. The SMILES string of the molecule is COCc1cccc(CNC(=O)C(C)(C)S(=O)(=O)c2ccc(Br)cc2)c1. The van der Waals surface area contributed by atoms with Gasteiger partial charge in [-0.3, -0.25) is 4.79 Å². The first-order chi connectivity index (χ1) is 12.2. The van der Waals surface area contributed by atoms with E-state index in [1.807, 2.05) is 24.3 Å². The predicted octanol–water partition coefficient (Wildman–Crippen LogP) is 3.46. The molecule has 0 spiro atoms. The van der Waals surface area contributed by atoms with E-state index in [0.717, 1.165) is 15.6 Å². The fourth-order valence-corrected chi connectivity index (χ4v) is 4.09. The zero-order valence-corrected chi connectivity index (χ0v) is 17.4. The van der Waals surface area contributed by atoms with E-state index in [0.29, 0.717) is 6.61 Å². The molecule has 7 heteroatoms. The number of carbonyl (C=O) groups is 1. The summed E-state index contributed by atoms with van der Waals surface area (Å²) in [7, 11) is -2.21. The van der Waals surface area contributed by atoms with Crippen LogP contribution in [0.4, 0.5) is 0 Å². The molecule has 0 radical (unpaired) electrons. The summed E-state index contributed by atoms with van der Waals surface area (Å²) in [4.78, 5) is 12.7. The van der Waals surface area contributed by atoms with Crippen LogP contribution in [0.25, 0.3) is 0 Å². The minimum atomic E-state index is -3.83. The van der Waals surface area contributed by atoms with Crippen LogP contribution in [0.2, 0.25) is 0 Å². The van der Waals surface area contributed by atoms with Gasteiger partial charge in [0, 0.05) is 18.1 Å². The maximum atomic E-state index is 12.9. The van der Waals surface area contributed by atoms with Crippen molar-refractivity contribution < 1.29 is 17.9 Å². The third-order valence-electron chi connectivity index (χ3n) is 4.10. The number of sulfone groups is 1. The van der Waals surface area contributed by atoms with E-state index in [-0.39, 0.29) is 11.4 Å². The van der Waals surface area contributed by atoms with Gasteiger partial charge in [0.05, 0.1) is 11.5 Å². The lowest BCUT2D eigenvalue weighted by Gasteiger charge is -2.24. The number of ether oxygens (including phenoxy) is 1. The van der Waals surface area contributed by atoms with Crippen molar-refractivity contribution in [3.63, 3.8) is 0 Å². The number of benzene rings is 2. The molecule has 1 amide bonds. The van der Waals surface area contributed by atoms with Gasteiger partial charge < -0.3 is 10.1 Å². The van der Waals surface area contributed by atoms with Gasteiger partial charge in [-0.05, 0) is 49.2 Å². The largest absolute Gasteiger partial charge is 0.380 e. The van der Waals surface area contributed by atoms with Crippen molar-refractivity contribution in [1.29, 1.82) is 0 Å². The number of hydrogen-bond acceptors (Lipinski definition) is 4. The highest BCUT2D eigenvalue weighted by Crippen LogP contribution is 2.27. The van der Waals surface area contributed by atoms with Gasteiger partial charge in [0.2, 0.25) is 5.91 Å². The molecular formula is C19H22BrNO4S. The van der Waals surface area contributed by atoms with Crippen molar-refractivity contribution in [2.75, 3.05) is 7.11 Å². The van der Waals surface area contributed by atoms with Crippen LogP contribution in [0.5, 0.6) is 0 Å². The summed E-state index contributed by atoms with van der Waals surface area (Å²) in [5.41, 5.74) is 1.87. The topological polar surface area (TPSA) is 72.5 Å². The molecule has 26 heavy (non-hydrogen) atoms. The molecule has 0 aliphatic heterocycles. The maximum Gasteiger partial charge on any atom is 0.241 e. The lowest BCUT2D eigenvalue weighted by atomic mass is 10.1. The van der Waals surface area contributed by atoms with Crippen LogP contribution < -0.4 is 5.32 Å². The Morgan fingerprint density at radius 1 is 1.12 bits per heavy atom. The first-order valence-electron chi connectivity index (χ1n) is 8.04. The molecule has 0 unspecified atom stereocenters. The standard InChI is InChI=1S/C19H22BrNO4S/c1-19(2,26(23,24)17-9-7-16(20)8-10-17)18(22)21-12-14-5-4-6-15(11-14)13-25-3/h4-11H,12-13H2,1-3H3,(H,21,22). The lowest BCUT2D eigenvalue weighted by molar-refractivity contribution is -0.123. The average molecular weight is 440 g/mol. The smallest absolute Gasteiger partial charge is 0.241 e. The Kier molecular flexibility index (Phi) is 6.60. The van der Waals surface area contributed by atoms with Crippen LogP contribution in [-0.4, -0.2) is 26.2 Å². The van der Waals surface area contributed by atoms with Gasteiger partial charge in [-0.25, -0.2) is 8.42 Å². The van der Waals surface area contributed by atoms with Crippen molar-refractivity contribution in [2.45, 2.75) is 36.6 Å². The Hall–Kier alpha value is -1.70. The van der Waals surface area contributed by atoms with Crippen LogP contribution >= 0.6 is 15.9 Å². The fraction of sp³-hybridized carbons (Fsp3) is 0.316. The van der Waals surface area contributed by atoms with Gasteiger partial charge >= 0.3 is 0 Å². The third-order valence-corrected chi connectivity index (χ3v) is 7.05. The Bertz CT molecular complexity index is 877.